The van der Waals surface area contributed by atoms with E-state index in [0.717, 1.165) is 0 Å². The third-order valence-corrected chi connectivity index (χ3v) is 1.60. The third kappa shape index (κ3) is 3.16. The van der Waals surface area contributed by atoms with Crippen molar-refractivity contribution in [3.05, 3.63) is 27.9 Å². The minimum Gasteiger partial charge on any atom is -0.358 e. The van der Waals surface area contributed by atoms with Crippen molar-refractivity contribution in [2.24, 2.45) is 0 Å². The minimum absolute atomic E-state index is 0.0857. The van der Waals surface area contributed by atoms with Crippen LogP contribution in [0.2, 0.25) is 5.15 Å². The fourth-order valence-corrected chi connectivity index (χ4v) is 0.867. The lowest BCUT2D eigenvalue weighted by Gasteiger charge is -2.08. The maximum Gasteiger partial charge on any atom is 0.256 e. The van der Waals surface area contributed by atoms with E-state index in [2.05, 4.69) is 4.98 Å². The van der Waals surface area contributed by atoms with Gasteiger partial charge in [0.15, 0.2) is 0 Å². The van der Waals surface area contributed by atoms with Crippen LogP contribution in [0.1, 0.15) is 13.8 Å². The Kier molecular flexibility index (Phi) is 3.45. The Morgan fingerprint density at radius 3 is 2.92 bits per heavy atom. The highest BCUT2D eigenvalue weighted by atomic mass is 35.5. The first kappa shape index (κ1) is 10.2. The highest BCUT2D eigenvalue weighted by Crippen LogP contribution is 1.97. The summed E-state index contributed by atoms with van der Waals surface area (Å²) in [6.07, 6.45) is 1.45. The average molecular weight is 203 g/mol. The molecule has 0 aliphatic heterocycles. The van der Waals surface area contributed by atoms with Gasteiger partial charge >= 0.3 is 0 Å². The minimum atomic E-state index is -0.208. The van der Waals surface area contributed by atoms with Gasteiger partial charge in [0.1, 0.15) is 18.2 Å². The first-order valence-corrected chi connectivity index (χ1v) is 4.31. The molecule has 5 heteroatoms. The largest absolute Gasteiger partial charge is 0.358 e. The monoisotopic (exact) mass is 202 g/mol. The maximum atomic E-state index is 11.2. The van der Waals surface area contributed by atoms with Gasteiger partial charge < -0.3 is 4.74 Å². The fraction of sp³-hybridized carbons (Fsp3) is 0.500. The summed E-state index contributed by atoms with van der Waals surface area (Å²) in [5.41, 5.74) is -0.208. The molecular weight excluding hydrogens is 192 g/mol. The van der Waals surface area contributed by atoms with Gasteiger partial charge in [-0.3, -0.25) is 9.36 Å². The summed E-state index contributed by atoms with van der Waals surface area (Å²) < 4.78 is 6.58. The van der Waals surface area contributed by atoms with E-state index in [1.807, 2.05) is 13.8 Å². The fourth-order valence-electron chi connectivity index (χ4n) is 0.730. The molecule has 0 atom stereocenters. The number of hydrogen-bond donors (Lipinski definition) is 0. The van der Waals surface area contributed by atoms with Crippen molar-refractivity contribution >= 4 is 11.6 Å². The second-order valence-electron chi connectivity index (χ2n) is 2.86. The van der Waals surface area contributed by atoms with Crippen molar-refractivity contribution in [1.29, 1.82) is 0 Å². The molecule has 0 saturated heterocycles. The molecule has 0 amide bonds. The highest BCUT2D eigenvalue weighted by Gasteiger charge is 1.98. The van der Waals surface area contributed by atoms with Crippen LogP contribution in [0.25, 0.3) is 0 Å². The van der Waals surface area contributed by atoms with Crippen LogP contribution < -0.4 is 5.56 Å². The van der Waals surface area contributed by atoms with Gasteiger partial charge in [0, 0.05) is 6.07 Å². The molecule has 0 aromatic carbocycles. The van der Waals surface area contributed by atoms with E-state index in [0.29, 0.717) is 0 Å². The van der Waals surface area contributed by atoms with Gasteiger partial charge in [0.25, 0.3) is 5.56 Å². The molecule has 0 radical (unpaired) electrons. The van der Waals surface area contributed by atoms with E-state index in [1.54, 1.807) is 0 Å². The lowest BCUT2D eigenvalue weighted by atomic mass is 10.5. The Morgan fingerprint density at radius 2 is 2.38 bits per heavy atom. The second-order valence-corrected chi connectivity index (χ2v) is 3.25. The lowest BCUT2D eigenvalue weighted by Crippen LogP contribution is -2.22. The Morgan fingerprint density at radius 1 is 1.69 bits per heavy atom. The average Bonchev–Trinajstić information content (AvgIpc) is 2.02. The van der Waals surface area contributed by atoms with E-state index < -0.39 is 0 Å². The van der Waals surface area contributed by atoms with Crippen LogP contribution in [0.15, 0.2) is 17.2 Å². The Labute approximate surface area is 81.1 Å². The smallest absolute Gasteiger partial charge is 0.256 e. The second kappa shape index (κ2) is 4.39. The molecule has 0 N–H and O–H groups in total. The van der Waals surface area contributed by atoms with E-state index in [9.17, 15) is 4.79 Å². The van der Waals surface area contributed by atoms with Crippen LogP contribution in [0.5, 0.6) is 0 Å². The number of hydrogen-bond acceptors (Lipinski definition) is 3. The summed E-state index contributed by atoms with van der Waals surface area (Å²) in [5, 5.41) is 0.200. The maximum absolute atomic E-state index is 11.2. The van der Waals surface area contributed by atoms with E-state index in [-0.39, 0.29) is 23.5 Å². The van der Waals surface area contributed by atoms with E-state index >= 15 is 0 Å². The van der Waals surface area contributed by atoms with E-state index in [1.165, 1.54) is 17.0 Å². The lowest BCUT2D eigenvalue weighted by molar-refractivity contribution is 0.0262. The van der Waals surface area contributed by atoms with Crippen molar-refractivity contribution in [3.8, 4) is 0 Å². The molecule has 1 heterocycles. The standard InChI is InChI=1S/C8H11ClN2O2/c1-6(2)13-5-11-4-10-7(9)3-8(11)12/h3-4,6H,5H2,1-2H3. The number of halogens is 1. The summed E-state index contributed by atoms with van der Waals surface area (Å²) in [6, 6.07) is 1.26. The summed E-state index contributed by atoms with van der Waals surface area (Å²) in [7, 11) is 0. The van der Waals surface area contributed by atoms with Crippen LogP contribution in [0.4, 0.5) is 0 Å². The highest BCUT2D eigenvalue weighted by molar-refractivity contribution is 6.29. The molecular formula is C8H11ClN2O2. The first-order valence-electron chi connectivity index (χ1n) is 3.93. The molecule has 0 aliphatic carbocycles. The molecule has 13 heavy (non-hydrogen) atoms. The van der Waals surface area contributed by atoms with E-state index in [4.69, 9.17) is 16.3 Å². The van der Waals surface area contributed by atoms with Gasteiger partial charge in [-0.25, -0.2) is 4.98 Å². The van der Waals surface area contributed by atoms with Gasteiger partial charge in [-0.15, -0.1) is 0 Å². The predicted octanol–water partition coefficient (Wildman–Crippen LogP) is 1.28. The van der Waals surface area contributed by atoms with Crippen LogP contribution >= 0.6 is 11.6 Å². The Hall–Kier alpha value is -0.870. The predicted molar refractivity (Wildman–Crippen MR) is 49.7 cm³/mol. The van der Waals surface area contributed by atoms with Crippen LogP contribution in [-0.2, 0) is 11.5 Å². The third-order valence-electron chi connectivity index (χ3n) is 1.39. The van der Waals surface area contributed by atoms with Crippen molar-refractivity contribution in [2.75, 3.05) is 0 Å². The summed E-state index contributed by atoms with van der Waals surface area (Å²) in [5.74, 6) is 0. The molecule has 1 rings (SSSR count). The van der Waals surface area contributed by atoms with Gasteiger partial charge in [-0.05, 0) is 13.8 Å². The Bertz CT molecular complexity index is 335. The molecule has 0 saturated carbocycles. The van der Waals surface area contributed by atoms with Crippen molar-refractivity contribution in [3.63, 3.8) is 0 Å². The summed E-state index contributed by atoms with van der Waals surface area (Å²) in [4.78, 5) is 15.0. The van der Waals surface area contributed by atoms with Gasteiger partial charge in [-0.1, -0.05) is 11.6 Å². The van der Waals surface area contributed by atoms with Crippen LogP contribution in [0.3, 0.4) is 0 Å². The van der Waals surface area contributed by atoms with Gasteiger partial charge in [0.05, 0.1) is 6.10 Å². The molecule has 0 fully saturated rings. The Balaban J connectivity index is 2.73. The molecule has 0 unspecified atom stereocenters. The molecule has 0 spiro atoms. The van der Waals surface area contributed by atoms with Crippen LogP contribution in [-0.4, -0.2) is 15.7 Å². The molecule has 1 aromatic heterocycles. The van der Waals surface area contributed by atoms with Crippen molar-refractivity contribution < 1.29 is 4.74 Å². The number of nitrogens with zero attached hydrogens (tertiary/aromatic N) is 2. The number of aromatic nitrogens is 2. The first-order chi connectivity index (χ1) is 6.09. The summed E-state index contributed by atoms with van der Waals surface area (Å²) in [6.45, 7) is 4.00. The van der Waals surface area contributed by atoms with Gasteiger partial charge in [-0.2, -0.15) is 0 Å². The zero-order valence-corrected chi connectivity index (χ0v) is 8.28. The van der Waals surface area contributed by atoms with Crippen molar-refractivity contribution in [2.45, 2.75) is 26.7 Å². The van der Waals surface area contributed by atoms with Gasteiger partial charge in [0.2, 0.25) is 0 Å². The molecule has 0 aliphatic rings. The van der Waals surface area contributed by atoms with Crippen LogP contribution in [0, 0.1) is 0 Å². The summed E-state index contributed by atoms with van der Waals surface area (Å²) >= 11 is 5.51. The van der Waals surface area contributed by atoms with Crippen molar-refractivity contribution in [1.82, 2.24) is 9.55 Å². The zero-order valence-electron chi connectivity index (χ0n) is 7.53. The molecule has 0 bridgehead atoms. The SMILES string of the molecule is CC(C)OCn1cnc(Cl)cc1=O. The quantitative estimate of drug-likeness (QED) is 0.694. The number of ether oxygens (including phenoxy) is 1. The molecule has 4 nitrogen and oxygen atoms in total. The number of rotatable bonds is 3. The molecule has 72 valence electrons. The topological polar surface area (TPSA) is 44.1 Å². The normalized spacial score (nSPS) is 10.8. The zero-order chi connectivity index (χ0) is 9.84. The molecule has 1 aromatic rings.